The third kappa shape index (κ3) is 2.90. The highest BCUT2D eigenvalue weighted by atomic mass is 127. The highest BCUT2D eigenvalue weighted by molar-refractivity contribution is 14.1. The third-order valence-corrected chi connectivity index (χ3v) is 3.34. The Morgan fingerprint density at radius 3 is 2.56 bits per heavy atom. The van der Waals surface area contributed by atoms with Gasteiger partial charge < -0.3 is 4.74 Å². The number of carbonyl (C=O) groups is 1. The molecule has 0 bridgehead atoms. The Hall–Kier alpha value is -1.36. The van der Waals surface area contributed by atoms with Gasteiger partial charge >= 0.3 is 0 Å². The van der Waals surface area contributed by atoms with E-state index < -0.39 is 0 Å². The van der Waals surface area contributed by atoms with Crippen LogP contribution in [0.3, 0.4) is 0 Å². The molecule has 0 unspecified atom stereocenters. The molecule has 0 saturated carbocycles. The molecule has 92 valence electrons. The van der Waals surface area contributed by atoms with Crippen molar-refractivity contribution in [1.29, 1.82) is 0 Å². The van der Waals surface area contributed by atoms with Gasteiger partial charge in [-0.2, -0.15) is 0 Å². The summed E-state index contributed by atoms with van der Waals surface area (Å²) in [7, 11) is 0. The lowest BCUT2D eigenvalue weighted by atomic mass is 10.1. The summed E-state index contributed by atoms with van der Waals surface area (Å²) < 4.78 is 6.90. The van der Waals surface area contributed by atoms with Crippen LogP contribution in [0.25, 0.3) is 0 Å². The molecule has 0 aromatic heterocycles. The molecule has 2 aromatic rings. The van der Waals surface area contributed by atoms with Gasteiger partial charge in [0.25, 0.3) is 0 Å². The average Bonchev–Trinajstić information content (AvgIpc) is 2.34. The van der Waals surface area contributed by atoms with Crippen LogP contribution in [0.15, 0.2) is 36.4 Å². The summed E-state index contributed by atoms with van der Waals surface area (Å²) in [5, 5.41) is 0. The van der Waals surface area contributed by atoms with E-state index in [2.05, 4.69) is 22.6 Å². The van der Waals surface area contributed by atoms with Gasteiger partial charge in [-0.3, -0.25) is 4.79 Å². The van der Waals surface area contributed by atoms with Gasteiger partial charge in [0.2, 0.25) is 0 Å². The predicted octanol–water partition coefficient (Wildman–Crippen LogP) is 4.51. The second kappa shape index (κ2) is 5.52. The van der Waals surface area contributed by atoms with E-state index in [1.165, 1.54) is 0 Å². The van der Waals surface area contributed by atoms with Crippen molar-refractivity contribution in [2.75, 3.05) is 0 Å². The highest BCUT2D eigenvalue weighted by Gasteiger charge is 2.07. The number of hydrogen-bond donors (Lipinski definition) is 0. The minimum absolute atomic E-state index is 0.566. The minimum atomic E-state index is 0.566. The topological polar surface area (TPSA) is 26.3 Å². The maximum Gasteiger partial charge on any atom is 0.153 e. The van der Waals surface area contributed by atoms with Crippen molar-refractivity contribution in [3.05, 3.63) is 56.7 Å². The molecule has 0 radical (unpaired) electrons. The van der Waals surface area contributed by atoms with E-state index in [0.29, 0.717) is 11.3 Å². The summed E-state index contributed by atoms with van der Waals surface area (Å²) in [6.45, 7) is 4.00. The molecule has 0 atom stereocenters. The molecule has 0 fully saturated rings. The van der Waals surface area contributed by atoms with Gasteiger partial charge in [0.05, 0.1) is 5.56 Å². The fraction of sp³-hybridized carbons (Fsp3) is 0.133. The van der Waals surface area contributed by atoms with Crippen LogP contribution in [0.2, 0.25) is 0 Å². The van der Waals surface area contributed by atoms with Gasteiger partial charge in [0, 0.05) is 3.57 Å². The number of ether oxygens (including phenoxy) is 1. The van der Waals surface area contributed by atoms with Crippen LogP contribution in [0.1, 0.15) is 21.5 Å². The molecular formula is C15H13IO2. The van der Waals surface area contributed by atoms with Gasteiger partial charge in [-0.05, 0) is 71.8 Å². The van der Waals surface area contributed by atoms with Crippen molar-refractivity contribution < 1.29 is 9.53 Å². The maximum atomic E-state index is 11.0. The number of carbonyl (C=O) groups excluding carboxylic acids is 1. The lowest BCUT2D eigenvalue weighted by Crippen LogP contribution is -1.93. The molecule has 18 heavy (non-hydrogen) atoms. The quantitative estimate of drug-likeness (QED) is 0.600. The largest absolute Gasteiger partial charge is 0.456 e. The van der Waals surface area contributed by atoms with Gasteiger partial charge in [-0.15, -0.1) is 0 Å². The summed E-state index contributed by atoms with van der Waals surface area (Å²) in [6.07, 6.45) is 0.816. The summed E-state index contributed by atoms with van der Waals surface area (Å²) in [4.78, 5) is 11.0. The van der Waals surface area contributed by atoms with Crippen LogP contribution in [-0.4, -0.2) is 6.29 Å². The number of benzene rings is 2. The maximum absolute atomic E-state index is 11.0. The first-order chi connectivity index (χ1) is 8.60. The van der Waals surface area contributed by atoms with E-state index in [0.717, 1.165) is 26.7 Å². The molecule has 0 saturated heterocycles. The van der Waals surface area contributed by atoms with Crippen LogP contribution in [0.4, 0.5) is 0 Å². The van der Waals surface area contributed by atoms with Crippen molar-refractivity contribution in [3.8, 4) is 11.5 Å². The SMILES string of the molecule is Cc1ccc(C)c(Oc2cc(I)ccc2C=O)c1. The van der Waals surface area contributed by atoms with Crippen LogP contribution >= 0.6 is 22.6 Å². The first-order valence-corrected chi connectivity index (χ1v) is 6.68. The average molecular weight is 352 g/mol. The molecule has 0 heterocycles. The Kier molecular flexibility index (Phi) is 4.01. The van der Waals surface area contributed by atoms with Crippen molar-refractivity contribution in [2.24, 2.45) is 0 Å². The third-order valence-electron chi connectivity index (χ3n) is 2.67. The Labute approximate surface area is 120 Å². The van der Waals surface area contributed by atoms with Crippen molar-refractivity contribution >= 4 is 28.9 Å². The second-order valence-corrected chi connectivity index (χ2v) is 5.42. The summed E-state index contributed by atoms with van der Waals surface area (Å²) in [5.41, 5.74) is 2.75. The van der Waals surface area contributed by atoms with Gasteiger partial charge in [0.1, 0.15) is 11.5 Å². The summed E-state index contributed by atoms with van der Waals surface area (Å²) in [5.74, 6) is 1.39. The lowest BCUT2D eigenvalue weighted by molar-refractivity contribution is 0.112. The minimum Gasteiger partial charge on any atom is -0.456 e. The van der Waals surface area contributed by atoms with E-state index in [1.807, 2.05) is 44.2 Å². The first-order valence-electron chi connectivity index (χ1n) is 5.60. The number of rotatable bonds is 3. The van der Waals surface area contributed by atoms with Crippen LogP contribution in [-0.2, 0) is 0 Å². The molecule has 2 nitrogen and oxygen atoms in total. The Morgan fingerprint density at radius 2 is 1.83 bits per heavy atom. The second-order valence-electron chi connectivity index (χ2n) is 4.17. The summed E-state index contributed by atoms with van der Waals surface area (Å²) in [6, 6.07) is 11.6. The molecule has 2 rings (SSSR count). The fourth-order valence-electron chi connectivity index (χ4n) is 1.63. The molecule has 0 aliphatic rings. The zero-order valence-corrected chi connectivity index (χ0v) is 12.4. The zero-order valence-electron chi connectivity index (χ0n) is 10.2. The molecule has 3 heteroatoms. The van der Waals surface area contributed by atoms with Gasteiger partial charge in [-0.25, -0.2) is 0 Å². The van der Waals surface area contributed by atoms with Crippen LogP contribution < -0.4 is 4.74 Å². The predicted molar refractivity (Wildman–Crippen MR) is 80.5 cm³/mol. The fourth-order valence-corrected chi connectivity index (χ4v) is 2.09. The van der Waals surface area contributed by atoms with E-state index >= 15 is 0 Å². The van der Waals surface area contributed by atoms with E-state index in [1.54, 1.807) is 6.07 Å². The number of aldehydes is 1. The number of aryl methyl sites for hydroxylation is 2. The molecule has 0 N–H and O–H groups in total. The Balaban J connectivity index is 2.41. The summed E-state index contributed by atoms with van der Waals surface area (Å²) >= 11 is 2.20. The van der Waals surface area contributed by atoms with Crippen LogP contribution in [0, 0.1) is 17.4 Å². The monoisotopic (exact) mass is 352 g/mol. The molecule has 0 spiro atoms. The molecular weight excluding hydrogens is 339 g/mol. The van der Waals surface area contributed by atoms with E-state index in [4.69, 9.17) is 4.74 Å². The van der Waals surface area contributed by atoms with Gasteiger partial charge in [-0.1, -0.05) is 12.1 Å². The first kappa shape index (κ1) is 13.1. The molecule has 2 aromatic carbocycles. The standard InChI is InChI=1S/C15H13IO2/c1-10-3-4-11(2)14(7-10)18-15-8-13(16)6-5-12(15)9-17/h3-9H,1-2H3. The molecule has 0 aliphatic carbocycles. The Morgan fingerprint density at radius 1 is 1.06 bits per heavy atom. The van der Waals surface area contributed by atoms with E-state index in [9.17, 15) is 4.79 Å². The molecule has 0 aliphatic heterocycles. The number of hydrogen-bond acceptors (Lipinski definition) is 2. The molecule has 0 amide bonds. The van der Waals surface area contributed by atoms with Crippen molar-refractivity contribution in [1.82, 2.24) is 0 Å². The van der Waals surface area contributed by atoms with Crippen LogP contribution in [0.5, 0.6) is 11.5 Å². The normalized spacial score (nSPS) is 10.2. The Bertz CT molecular complexity index is 591. The highest BCUT2D eigenvalue weighted by Crippen LogP contribution is 2.29. The smallest absolute Gasteiger partial charge is 0.153 e. The van der Waals surface area contributed by atoms with Crippen molar-refractivity contribution in [3.63, 3.8) is 0 Å². The lowest BCUT2D eigenvalue weighted by Gasteiger charge is -2.11. The zero-order chi connectivity index (χ0) is 13.1. The van der Waals surface area contributed by atoms with Crippen molar-refractivity contribution in [2.45, 2.75) is 13.8 Å². The number of halogens is 1. The van der Waals surface area contributed by atoms with Gasteiger partial charge in [0.15, 0.2) is 6.29 Å². The van der Waals surface area contributed by atoms with E-state index in [-0.39, 0.29) is 0 Å².